The molecule has 28 heavy (non-hydrogen) atoms. The first-order valence-corrected chi connectivity index (χ1v) is 9.53. The molecule has 11 heteroatoms. The summed E-state index contributed by atoms with van der Waals surface area (Å²) in [5.74, 6) is -0.892. The average molecular weight is 426 g/mol. The molecule has 0 spiro atoms. The van der Waals surface area contributed by atoms with E-state index in [1.165, 1.54) is 28.4 Å². The lowest BCUT2D eigenvalue weighted by Gasteiger charge is -2.24. The summed E-state index contributed by atoms with van der Waals surface area (Å²) >= 11 is 7.10. The minimum atomic E-state index is -0.652. The zero-order valence-electron chi connectivity index (χ0n) is 15.6. The highest BCUT2D eigenvalue weighted by molar-refractivity contribution is 7.13. The third-order valence-corrected chi connectivity index (χ3v) is 4.89. The van der Waals surface area contributed by atoms with Crippen LogP contribution in [0.4, 0.5) is 10.8 Å². The first kappa shape index (κ1) is 21.7. The molecule has 2 aromatic rings. The highest BCUT2D eigenvalue weighted by Crippen LogP contribution is 2.25. The number of aryl methyl sites for hydroxylation is 1. The summed E-state index contributed by atoms with van der Waals surface area (Å²) in [6, 6.07) is 3.83. The molecule has 2 rings (SSSR count). The van der Waals surface area contributed by atoms with E-state index in [-0.39, 0.29) is 29.4 Å². The van der Waals surface area contributed by atoms with Crippen molar-refractivity contribution in [3.05, 3.63) is 50.0 Å². The average Bonchev–Trinajstić information content (AvgIpc) is 3.02. The van der Waals surface area contributed by atoms with E-state index in [1.54, 1.807) is 5.38 Å². The van der Waals surface area contributed by atoms with Crippen molar-refractivity contribution in [1.29, 1.82) is 0 Å². The van der Waals surface area contributed by atoms with Crippen molar-refractivity contribution in [3.8, 4) is 0 Å². The zero-order valence-corrected chi connectivity index (χ0v) is 17.2. The quantitative estimate of drug-likeness (QED) is 0.514. The number of benzene rings is 1. The molecular formula is C17H20ClN5O4S. The van der Waals surface area contributed by atoms with Crippen LogP contribution in [0.2, 0.25) is 5.02 Å². The van der Waals surface area contributed by atoms with E-state index in [0.29, 0.717) is 11.7 Å². The van der Waals surface area contributed by atoms with E-state index < -0.39 is 16.7 Å². The molecule has 150 valence electrons. The van der Waals surface area contributed by atoms with Crippen LogP contribution in [-0.4, -0.2) is 65.3 Å². The Bertz CT molecular complexity index is 886. The number of carbonyl (C=O) groups is 2. The number of nitro groups is 1. The van der Waals surface area contributed by atoms with Crippen molar-refractivity contribution in [2.75, 3.05) is 39.0 Å². The summed E-state index contributed by atoms with van der Waals surface area (Å²) in [6.07, 6.45) is 0. The van der Waals surface area contributed by atoms with Crippen molar-refractivity contribution in [2.45, 2.75) is 6.92 Å². The van der Waals surface area contributed by atoms with Gasteiger partial charge >= 0.3 is 0 Å². The smallest absolute Gasteiger partial charge is 0.288 e. The second-order valence-electron chi connectivity index (χ2n) is 6.30. The van der Waals surface area contributed by atoms with Gasteiger partial charge in [0.25, 0.3) is 11.6 Å². The minimum absolute atomic E-state index is 0.0572. The number of halogens is 1. The Kier molecular flexibility index (Phi) is 7.44. The first-order chi connectivity index (χ1) is 13.2. The highest BCUT2D eigenvalue weighted by atomic mass is 35.5. The number of thiazole rings is 1. The van der Waals surface area contributed by atoms with Gasteiger partial charge < -0.3 is 15.1 Å². The fourth-order valence-corrected chi connectivity index (χ4v) is 3.18. The largest absolute Gasteiger partial charge is 0.328 e. The van der Waals surface area contributed by atoms with Gasteiger partial charge in [-0.25, -0.2) is 4.98 Å². The molecular weight excluding hydrogens is 406 g/mol. The molecule has 0 aliphatic rings. The molecule has 0 aliphatic heterocycles. The van der Waals surface area contributed by atoms with Gasteiger partial charge in [-0.05, 0) is 33.2 Å². The van der Waals surface area contributed by atoms with Gasteiger partial charge in [-0.1, -0.05) is 11.6 Å². The van der Waals surface area contributed by atoms with Crippen molar-refractivity contribution in [2.24, 2.45) is 0 Å². The van der Waals surface area contributed by atoms with E-state index in [0.717, 1.165) is 11.8 Å². The van der Waals surface area contributed by atoms with Gasteiger partial charge in [0.05, 0.1) is 10.6 Å². The lowest BCUT2D eigenvalue weighted by atomic mass is 10.1. The van der Waals surface area contributed by atoms with Gasteiger partial charge in [0.15, 0.2) is 5.13 Å². The van der Waals surface area contributed by atoms with Crippen LogP contribution < -0.4 is 5.32 Å². The number of hydrogen-bond acceptors (Lipinski definition) is 7. The SMILES string of the molecule is Cc1csc(NC(=O)CN(CCN(C)C)C(=O)c2ccc(Cl)c([N+](=O)[O-])c2)n1. The number of nitrogens with one attached hydrogen (secondary N) is 1. The van der Waals surface area contributed by atoms with Gasteiger partial charge in [0.1, 0.15) is 11.6 Å². The van der Waals surface area contributed by atoms with Crippen LogP contribution in [0.25, 0.3) is 0 Å². The Morgan fingerprint density at radius 3 is 2.61 bits per heavy atom. The molecule has 1 N–H and O–H groups in total. The predicted molar refractivity (Wildman–Crippen MR) is 108 cm³/mol. The molecule has 1 aromatic carbocycles. The molecule has 0 radical (unpaired) electrons. The molecule has 0 unspecified atom stereocenters. The highest BCUT2D eigenvalue weighted by Gasteiger charge is 2.23. The van der Waals surface area contributed by atoms with Gasteiger partial charge in [-0.2, -0.15) is 0 Å². The van der Waals surface area contributed by atoms with E-state index in [9.17, 15) is 19.7 Å². The van der Waals surface area contributed by atoms with E-state index >= 15 is 0 Å². The monoisotopic (exact) mass is 425 g/mol. The number of carbonyl (C=O) groups excluding carboxylic acids is 2. The first-order valence-electron chi connectivity index (χ1n) is 8.27. The van der Waals surface area contributed by atoms with Crippen LogP contribution in [0, 0.1) is 17.0 Å². The van der Waals surface area contributed by atoms with Gasteiger partial charge in [-0.15, -0.1) is 11.3 Å². The summed E-state index contributed by atoms with van der Waals surface area (Å²) in [7, 11) is 3.68. The predicted octanol–water partition coefficient (Wildman–Crippen LogP) is 2.66. The van der Waals surface area contributed by atoms with Gasteiger partial charge in [0, 0.05) is 30.1 Å². The van der Waals surface area contributed by atoms with Crippen molar-refractivity contribution in [1.82, 2.24) is 14.8 Å². The molecule has 0 saturated heterocycles. The lowest BCUT2D eigenvalue weighted by molar-refractivity contribution is -0.384. The maximum absolute atomic E-state index is 12.9. The van der Waals surface area contributed by atoms with Crippen LogP contribution >= 0.6 is 22.9 Å². The minimum Gasteiger partial charge on any atom is -0.328 e. The second-order valence-corrected chi connectivity index (χ2v) is 7.56. The normalized spacial score (nSPS) is 10.8. The Morgan fingerprint density at radius 2 is 2.04 bits per heavy atom. The van der Waals surface area contributed by atoms with E-state index in [2.05, 4.69) is 10.3 Å². The van der Waals surface area contributed by atoms with E-state index in [4.69, 9.17) is 11.6 Å². The molecule has 0 atom stereocenters. The number of hydrogen-bond donors (Lipinski definition) is 1. The summed E-state index contributed by atoms with van der Waals surface area (Å²) in [6.45, 7) is 2.39. The fraction of sp³-hybridized carbons (Fsp3) is 0.353. The number of anilines is 1. The number of nitro benzene ring substituents is 1. The molecule has 2 amide bonds. The fourth-order valence-electron chi connectivity index (χ4n) is 2.28. The maximum atomic E-state index is 12.9. The van der Waals surface area contributed by atoms with Crippen molar-refractivity contribution in [3.63, 3.8) is 0 Å². The Labute approximate surface area is 171 Å². The number of likely N-dealkylation sites (N-methyl/N-ethyl adjacent to an activating group) is 1. The number of nitrogens with zero attached hydrogens (tertiary/aromatic N) is 4. The Morgan fingerprint density at radius 1 is 1.32 bits per heavy atom. The molecule has 9 nitrogen and oxygen atoms in total. The molecule has 1 aromatic heterocycles. The van der Waals surface area contributed by atoms with Crippen LogP contribution in [-0.2, 0) is 4.79 Å². The third kappa shape index (κ3) is 5.98. The maximum Gasteiger partial charge on any atom is 0.288 e. The van der Waals surface area contributed by atoms with Gasteiger partial charge in [-0.3, -0.25) is 19.7 Å². The standard InChI is InChI=1S/C17H20ClN5O4S/c1-11-10-28-17(19-11)20-15(24)9-22(7-6-21(2)3)16(25)12-4-5-13(18)14(8-12)23(26)27/h4-5,8,10H,6-7,9H2,1-3H3,(H,19,20,24). The number of rotatable bonds is 8. The molecule has 0 aliphatic carbocycles. The molecule has 0 saturated carbocycles. The Balaban J connectivity index is 2.19. The van der Waals surface area contributed by atoms with E-state index in [1.807, 2.05) is 25.9 Å². The third-order valence-electron chi connectivity index (χ3n) is 3.69. The molecule has 0 bridgehead atoms. The molecule has 1 heterocycles. The summed E-state index contributed by atoms with van der Waals surface area (Å²) in [5, 5.41) is 15.9. The summed E-state index contributed by atoms with van der Waals surface area (Å²) in [5.41, 5.74) is 0.518. The van der Waals surface area contributed by atoms with Crippen LogP contribution in [0.1, 0.15) is 16.1 Å². The number of aromatic nitrogens is 1. The Hall–Kier alpha value is -2.56. The van der Waals surface area contributed by atoms with Crippen LogP contribution in [0.15, 0.2) is 23.6 Å². The summed E-state index contributed by atoms with van der Waals surface area (Å²) < 4.78 is 0. The molecule has 0 fully saturated rings. The second kappa shape index (κ2) is 9.58. The van der Waals surface area contributed by atoms with Crippen LogP contribution in [0.3, 0.4) is 0 Å². The van der Waals surface area contributed by atoms with Crippen molar-refractivity contribution >= 4 is 45.6 Å². The topological polar surface area (TPSA) is 109 Å². The van der Waals surface area contributed by atoms with Crippen LogP contribution in [0.5, 0.6) is 0 Å². The zero-order chi connectivity index (χ0) is 20.8. The van der Waals surface area contributed by atoms with Crippen molar-refractivity contribution < 1.29 is 14.5 Å². The van der Waals surface area contributed by atoms with Gasteiger partial charge in [0.2, 0.25) is 5.91 Å². The lowest BCUT2D eigenvalue weighted by Crippen LogP contribution is -2.41. The summed E-state index contributed by atoms with van der Waals surface area (Å²) in [4.78, 5) is 43.0. The number of amides is 2.